The summed E-state index contributed by atoms with van der Waals surface area (Å²) >= 11 is 0. The van der Waals surface area contributed by atoms with Gasteiger partial charge < -0.3 is 15.3 Å². The number of allylic oxidation sites excluding steroid dienone is 1. The van der Waals surface area contributed by atoms with Crippen LogP contribution in [0.15, 0.2) is 24.8 Å². The lowest BCUT2D eigenvalue weighted by Gasteiger charge is -2.24. The Kier molecular flexibility index (Phi) is 5.64. The van der Waals surface area contributed by atoms with Crippen molar-refractivity contribution in [1.29, 1.82) is 0 Å². The van der Waals surface area contributed by atoms with Crippen LogP contribution in [-0.4, -0.2) is 41.8 Å². The second-order valence-corrected chi connectivity index (χ2v) is 3.87. The molecular formula is C12H20N2O2. The maximum Gasteiger partial charge on any atom is 0.318 e. The van der Waals surface area contributed by atoms with E-state index in [-0.39, 0.29) is 18.7 Å². The predicted octanol–water partition coefficient (Wildman–Crippen LogP) is 1.28. The highest BCUT2D eigenvalue weighted by molar-refractivity contribution is 5.75. The van der Waals surface area contributed by atoms with Crippen molar-refractivity contribution in [2.75, 3.05) is 19.7 Å². The molecule has 0 saturated heterocycles. The molecule has 0 aromatic heterocycles. The Morgan fingerprint density at radius 2 is 2.50 bits per heavy atom. The van der Waals surface area contributed by atoms with Gasteiger partial charge in [-0.25, -0.2) is 4.79 Å². The smallest absolute Gasteiger partial charge is 0.318 e. The van der Waals surface area contributed by atoms with Crippen molar-refractivity contribution in [1.82, 2.24) is 10.2 Å². The first-order valence-electron chi connectivity index (χ1n) is 5.71. The molecule has 0 spiro atoms. The molecule has 1 aliphatic carbocycles. The predicted molar refractivity (Wildman–Crippen MR) is 64.2 cm³/mol. The monoisotopic (exact) mass is 224 g/mol. The van der Waals surface area contributed by atoms with Crippen molar-refractivity contribution < 1.29 is 9.90 Å². The number of aliphatic hydroxyl groups is 1. The Labute approximate surface area is 96.6 Å². The molecular weight excluding hydrogens is 204 g/mol. The minimum absolute atomic E-state index is 0.0260. The number of carbonyl (C=O) groups excluding carboxylic acids is 1. The van der Waals surface area contributed by atoms with E-state index in [1.165, 1.54) is 0 Å². The summed E-state index contributed by atoms with van der Waals surface area (Å²) in [5.41, 5.74) is 0. The van der Waals surface area contributed by atoms with Crippen LogP contribution in [0.25, 0.3) is 0 Å². The molecule has 90 valence electrons. The number of nitrogens with one attached hydrogen (secondary N) is 1. The van der Waals surface area contributed by atoms with Crippen molar-refractivity contribution in [3.63, 3.8) is 0 Å². The lowest BCUT2D eigenvalue weighted by molar-refractivity contribution is 0.181. The normalized spacial score (nSPS) is 19.2. The molecule has 2 N–H and O–H groups in total. The zero-order chi connectivity index (χ0) is 11.8. The highest BCUT2D eigenvalue weighted by atomic mass is 16.3. The van der Waals surface area contributed by atoms with Crippen LogP contribution in [0, 0.1) is 0 Å². The van der Waals surface area contributed by atoms with E-state index in [9.17, 15) is 4.79 Å². The third-order valence-electron chi connectivity index (χ3n) is 2.57. The van der Waals surface area contributed by atoms with E-state index in [0.717, 1.165) is 19.3 Å². The first kappa shape index (κ1) is 12.8. The Hall–Kier alpha value is -1.29. The van der Waals surface area contributed by atoms with Crippen LogP contribution < -0.4 is 5.32 Å². The quantitative estimate of drug-likeness (QED) is 0.691. The van der Waals surface area contributed by atoms with Gasteiger partial charge >= 0.3 is 6.03 Å². The summed E-state index contributed by atoms with van der Waals surface area (Å²) in [6.45, 7) is 4.37. The van der Waals surface area contributed by atoms with Crippen molar-refractivity contribution in [2.24, 2.45) is 0 Å². The minimum Gasteiger partial charge on any atom is -0.395 e. The van der Waals surface area contributed by atoms with Gasteiger partial charge in [0.25, 0.3) is 0 Å². The van der Waals surface area contributed by atoms with Crippen molar-refractivity contribution in [2.45, 2.75) is 25.3 Å². The van der Waals surface area contributed by atoms with E-state index in [2.05, 4.69) is 18.0 Å². The van der Waals surface area contributed by atoms with E-state index < -0.39 is 0 Å². The van der Waals surface area contributed by atoms with E-state index in [1.54, 1.807) is 11.0 Å². The van der Waals surface area contributed by atoms with Crippen LogP contribution in [0.2, 0.25) is 0 Å². The summed E-state index contributed by atoms with van der Waals surface area (Å²) in [5.74, 6) is 0. The van der Waals surface area contributed by atoms with E-state index in [1.807, 2.05) is 6.08 Å². The van der Waals surface area contributed by atoms with Crippen LogP contribution >= 0.6 is 0 Å². The lowest BCUT2D eigenvalue weighted by atomic mass is 10.0. The molecule has 2 amide bonds. The summed E-state index contributed by atoms with van der Waals surface area (Å²) < 4.78 is 0. The van der Waals surface area contributed by atoms with Gasteiger partial charge in [0.2, 0.25) is 0 Å². The molecule has 4 heteroatoms. The maximum atomic E-state index is 11.8. The number of hydrogen-bond donors (Lipinski definition) is 2. The molecule has 1 rings (SSSR count). The Balaban J connectivity index is 2.43. The number of carbonyl (C=O) groups is 1. The first-order valence-corrected chi connectivity index (χ1v) is 5.71. The van der Waals surface area contributed by atoms with Gasteiger partial charge in [0.1, 0.15) is 0 Å². The molecule has 4 nitrogen and oxygen atoms in total. The SMILES string of the molecule is C=CCN(CCO)C(=O)NC1C=CCCC1. The van der Waals surface area contributed by atoms with Crippen LogP contribution in [0.3, 0.4) is 0 Å². The zero-order valence-corrected chi connectivity index (χ0v) is 9.56. The zero-order valence-electron chi connectivity index (χ0n) is 9.56. The van der Waals surface area contributed by atoms with Gasteiger partial charge in [0.15, 0.2) is 0 Å². The summed E-state index contributed by atoms with van der Waals surface area (Å²) in [5, 5.41) is 11.8. The van der Waals surface area contributed by atoms with Crippen LogP contribution in [-0.2, 0) is 0 Å². The highest BCUT2D eigenvalue weighted by Gasteiger charge is 2.15. The maximum absolute atomic E-state index is 11.8. The highest BCUT2D eigenvalue weighted by Crippen LogP contribution is 2.10. The summed E-state index contributed by atoms with van der Waals surface area (Å²) in [4.78, 5) is 13.4. The molecule has 0 saturated carbocycles. The van der Waals surface area contributed by atoms with Crippen LogP contribution in [0.4, 0.5) is 4.79 Å². The van der Waals surface area contributed by atoms with E-state index in [4.69, 9.17) is 5.11 Å². The average Bonchev–Trinajstić information content (AvgIpc) is 2.30. The number of amides is 2. The Morgan fingerprint density at radius 3 is 3.06 bits per heavy atom. The fraction of sp³-hybridized carbons (Fsp3) is 0.583. The number of nitrogens with zero attached hydrogens (tertiary/aromatic N) is 1. The molecule has 0 radical (unpaired) electrons. The molecule has 1 aliphatic rings. The van der Waals surface area contributed by atoms with Crippen molar-refractivity contribution >= 4 is 6.03 Å². The van der Waals surface area contributed by atoms with Crippen LogP contribution in [0.1, 0.15) is 19.3 Å². The summed E-state index contributed by atoms with van der Waals surface area (Å²) in [6, 6.07) is -0.00208. The van der Waals surface area contributed by atoms with Crippen molar-refractivity contribution in [3.8, 4) is 0 Å². The third kappa shape index (κ3) is 4.06. The van der Waals surface area contributed by atoms with Gasteiger partial charge in [0.05, 0.1) is 6.61 Å². The minimum atomic E-state index is -0.134. The molecule has 0 aromatic rings. The Morgan fingerprint density at radius 1 is 1.69 bits per heavy atom. The third-order valence-corrected chi connectivity index (χ3v) is 2.57. The summed E-state index contributed by atoms with van der Waals surface area (Å²) in [7, 11) is 0. The summed E-state index contributed by atoms with van der Waals surface area (Å²) in [6.07, 6.45) is 8.99. The molecule has 1 unspecified atom stereocenters. The molecule has 0 heterocycles. The van der Waals surface area contributed by atoms with Gasteiger partial charge in [-0.05, 0) is 19.3 Å². The van der Waals surface area contributed by atoms with Gasteiger partial charge in [-0.2, -0.15) is 0 Å². The van der Waals surface area contributed by atoms with Crippen LogP contribution in [0.5, 0.6) is 0 Å². The second-order valence-electron chi connectivity index (χ2n) is 3.87. The number of aliphatic hydroxyl groups excluding tert-OH is 1. The lowest BCUT2D eigenvalue weighted by Crippen LogP contribution is -2.45. The molecule has 0 aliphatic heterocycles. The molecule has 1 atom stereocenters. The first-order chi connectivity index (χ1) is 7.77. The second kappa shape index (κ2) is 7.06. The standard InChI is InChI=1S/C12H20N2O2/c1-2-8-14(9-10-15)12(16)13-11-6-4-3-5-7-11/h2,4,6,11,15H,1,3,5,7-10H2,(H,13,16). The van der Waals surface area contributed by atoms with E-state index in [0.29, 0.717) is 13.1 Å². The van der Waals surface area contributed by atoms with Gasteiger partial charge in [-0.3, -0.25) is 0 Å². The van der Waals surface area contributed by atoms with Gasteiger partial charge in [0, 0.05) is 19.1 Å². The fourth-order valence-electron chi connectivity index (χ4n) is 1.73. The van der Waals surface area contributed by atoms with Gasteiger partial charge in [-0.15, -0.1) is 6.58 Å². The molecule has 0 aromatic carbocycles. The molecule has 0 fully saturated rings. The average molecular weight is 224 g/mol. The fourth-order valence-corrected chi connectivity index (χ4v) is 1.73. The number of rotatable bonds is 5. The van der Waals surface area contributed by atoms with E-state index >= 15 is 0 Å². The van der Waals surface area contributed by atoms with Crippen molar-refractivity contribution in [3.05, 3.63) is 24.8 Å². The molecule has 16 heavy (non-hydrogen) atoms. The topological polar surface area (TPSA) is 52.6 Å². The number of hydrogen-bond acceptors (Lipinski definition) is 2. The largest absolute Gasteiger partial charge is 0.395 e. The Bertz CT molecular complexity index is 264. The number of urea groups is 1. The molecule has 0 bridgehead atoms. The van der Waals surface area contributed by atoms with Gasteiger partial charge in [-0.1, -0.05) is 18.2 Å².